The monoisotopic (exact) mass is 229 g/mol. The quantitative estimate of drug-likeness (QED) is 0.236. The summed E-state index contributed by atoms with van der Waals surface area (Å²) in [6.07, 6.45) is 1.90. The minimum atomic E-state index is -3.69. The van der Waals surface area contributed by atoms with Gasteiger partial charge in [-0.15, -0.1) is 0 Å². The molecular weight excluding hydrogens is 217 g/mol. The van der Waals surface area contributed by atoms with E-state index in [1.54, 1.807) is 19.3 Å². The number of carbonyl (C=O) groups excluding carboxylic acids is 1. The molecule has 0 aliphatic carbocycles. The van der Waals surface area contributed by atoms with E-state index in [9.17, 15) is 13.2 Å². The smallest absolute Gasteiger partial charge is 0.410 e. The van der Waals surface area contributed by atoms with E-state index in [2.05, 4.69) is 10.9 Å². The first-order valence-corrected chi connectivity index (χ1v) is 5.19. The molecule has 0 saturated heterocycles. The summed E-state index contributed by atoms with van der Waals surface area (Å²) >= 11 is 0. The van der Waals surface area contributed by atoms with Gasteiger partial charge in [0.2, 0.25) is 0 Å². The second kappa shape index (κ2) is 7.42. The van der Waals surface area contributed by atoms with Crippen LogP contribution in [0, 0.1) is 12.0 Å². The van der Waals surface area contributed by atoms with Crippen LogP contribution in [0.15, 0.2) is 6.58 Å². The van der Waals surface area contributed by atoms with Crippen LogP contribution in [-0.2, 0) is 19.2 Å². The maximum absolute atomic E-state index is 11.0. The summed E-state index contributed by atoms with van der Waals surface area (Å²) in [5, 5.41) is 0. The molecule has 0 saturated carbocycles. The van der Waals surface area contributed by atoms with Crippen molar-refractivity contribution in [3.8, 4) is 0 Å². The molecule has 0 heterocycles. The molecule has 0 atom stereocenters. The van der Waals surface area contributed by atoms with Crippen molar-refractivity contribution in [2.45, 2.75) is 13.8 Å². The number of carbonyl (C=O) groups is 1. The van der Waals surface area contributed by atoms with E-state index in [0.717, 1.165) is 0 Å². The summed E-state index contributed by atoms with van der Waals surface area (Å²) in [7, 11) is -3.69. The molecule has 0 radical (unpaired) electrons. The Morgan fingerprint density at radius 1 is 1.57 bits per heavy atom. The molecule has 0 aliphatic rings. The Bertz CT molecular complexity index is 286. The first kappa shape index (κ1) is 16.5. The van der Waals surface area contributed by atoms with Crippen LogP contribution in [0.25, 0.3) is 0 Å². The molecule has 76 valence electrons. The molecule has 7 heteroatoms. The molecule has 0 aromatic carbocycles. The van der Waals surface area contributed by atoms with E-state index in [1.165, 1.54) is 0 Å². The van der Waals surface area contributed by atoms with Crippen molar-refractivity contribution in [3.05, 3.63) is 12.7 Å². The maximum atomic E-state index is 11.0. The first-order chi connectivity index (χ1) is 5.87. The van der Waals surface area contributed by atoms with E-state index in [4.69, 9.17) is 0 Å². The van der Waals surface area contributed by atoms with E-state index in [-0.39, 0.29) is 41.2 Å². The zero-order valence-corrected chi connectivity index (χ0v) is 11.3. The van der Waals surface area contributed by atoms with Crippen LogP contribution in [0.1, 0.15) is 13.8 Å². The summed E-state index contributed by atoms with van der Waals surface area (Å²) in [4.78, 5) is 10.5. The van der Waals surface area contributed by atoms with Gasteiger partial charge in [-0.25, -0.2) is 5.48 Å². The van der Waals surface area contributed by atoms with Crippen LogP contribution in [0.5, 0.6) is 0 Å². The van der Waals surface area contributed by atoms with Crippen molar-refractivity contribution in [2.24, 2.45) is 5.92 Å². The van der Waals surface area contributed by atoms with E-state index >= 15 is 0 Å². The zero-order chi connectivity index (χ0) is 10.5. The second-order valence-electron chi connectivity index (χ2n) is 2.81. The standard InChI is InChI=1S/C7H12NO4S.Na/c1-4-7(9)8-12-13(10,11)5-6(2)3;/h6H,1,5H2,2-3H3,(H,8,9);/q-1;+1. The molecule has 14 heavy (non-hydrogen) atoms. The normalized spacial score (nSPS) is 10.5. The van der Waals surface area contributed by atoms with E-state index in [0.29, 0.717) is 0 Å². The van der Waals surface area contributed by atoms with Gasteiger partial charge in [-0.05, 0) is 5.92 Å². The SMILES string of the molecule is C=[C-]C(=O)NOS(=O)(=O)CC(C)C.[Na+]. The van der Waals surface area contributed by atoms with Crippen molar-refractivity contribution in [3.63, 3.8) is 0 Å². The summed E-state index contributed by atoms with van der Waals surface area (Å²) < 4.78 is 26.1. The maximum Gasteiger partial charge on any atom is 1.00 e. The number of rotatable bonds is 5. The van der Waals surface area contributed by atoms with Crippen molar-refractivity contribution < 1.29 is 47.1 Å². The van der Waals surface area contributed by atoms with Crippen LogP contribution in [-0.4, -0.2) is 20.1 Å². The first-order valence-electron chi connectivity index (χ1n) is 3.61. The largest absolute Gasteiger partial charge is 1.00 e. The molecule has 0 spiro atoms. The molecule has 0 aromatic heterocycles. The number of amides is 1. The van der Waals surface area contributed by atoms with Crippen molar-refractivity contribution in [1.82, 2.24) is 5.48 Å². The molecule has 1 amide bonds. The van der Waals surface area contributed by atoms with Crippen molar-refractivity contribution in [1.29, 1.82) is 0 Å². The molecule has 0 bridgehead atoms. The van der Waals surface area contributed by atoms with Crippen molar-refractivity contribution in [2.75, 3.05) is 5.75 Å². The molecule has 1 N–H and O–H groups in total. The molecular formula is C7H12NNaO4S. The number of nitrogens with one attached hydrogen (secondary N) is 1. The average Bonchev–Trinajstić information content (AvgIpc) is 1.98. The third-order valence-electron chi connectivity index (χ3n) is 0.959. The molecule has 0 fully saturated rings. The fourth-order valence-electron chi connectivity index (χ4n) is 0.580. The second-order valence-corrected chi connectivity index (χ2v) is 4.42. The predicted molar refractivity (Wildman–Crippen MR) is 46.7 cm³/mol. The Hall–Kier alpha value is 0.120. The van der Waals surface area contributed by atoms with Crippen LogP contribution >= 0.6 is 0 Å². The van der Waals surface area contributed by atoms with Gasteiger partial charge in [-0.3, -0.25) is 6.58 Å². The molecule has 0 aromatic rings. The minimum Gasteiger partial charge on any atom is -0.410 e. The third kappa shape index (κ3) is 8.71. The van der Waals surface area contributed by atoms with Gasteiger partial charge in [0, 0.05) is 0 Å². The Morgan fingerprint density at radius 2 is 2.07 bits per heavy atom. The fourth-order valence-corrected chi connectivity index (χ4v) is 1.67. The van der Waals surface area contributed by atoms with Gasteiger partial charge in [0.1, 0.15) is 0 Å². The van der Waals surface area contributed by atoms with Crippen LogP contribution < -0.4 is 35.0 Å². The molecule has 0 aliphatic heterocycles. The minimum absolute atomic E-state index is 0. The van der Waals surface area contributed by atoms with Gasteiger partial charge in [0.05, 0.1) is 11.7 Å². The van der Waals surface area contributed by atoms with Crippen LogP contribution in [0.2, 0.25) is 0 Å². The van der Waals surface area contributed by atoms with Gasteiger partial charge in [0.15, 0.2) is 0 Å². The summed E-state index contributed by atoms with van der Waals surface area (Å²) in [6, 6.07) is 0. The summed E-state index contributed by atoms with van der Waals surface area (Å²) in [6.45, 7) is 6.46. The molecule has 0 rings (SSSR count). The third-order valence-corrected chi connectivity index (χ3v) is 2.37. The molecule has 0 unspecified atom stereocenters. The summed E-state index contributed by atoms with van der Waals surface area (Å²) in [5.74, 6) is -1.02. The average molecular weight is 229 g/mol. The topological polar surface area (TPSA) is 72.5 Å². The Labute approximate surface area is 106 Å². The zero-order valence-electron chi connectivity index (χ0n) is 8.53. The summed E-state index contributed by atoms with van der Waals surface area (Å²) in [5.41, 5.74) is 1.68. The van der Waals surface area contributed by atoms with E-state index in [1.807, 2.05) is 6.08 Å². The Morgan fingerprint density at radius 3 is 2.43 bits per heavy atom. The van der Waals surface area contributed by atoms with Gasteiger partial charge in [0.25, 0.3) is 10.1 Å². The number of hydrogen-bond donors (Lipinski definition) is 1. The van der Waals surface area contributed by atoms with Crippen LogP contribution in [0.4, 0.5) is 0 Å². The Kier molecular flexibility index (Phi) is 8.77. The number of hydroxylamine groups is 1. The number of hydrogen-bond acceptors (Lipinski definition) is 4. The molecule has 5 nitrogen and oxygen atoms in total. The Balaban J connectivity index is 0. The fraction of sp³-hybridized carbons (Fsp3) is 0.571. The predicted octanol–water partition coefficient (Wildman–Crippen LogP) is -2.99. The van der Waals surface area contributed by atoms with Crippen molar-refractivity contribution >= 4 is 16.0 Å². The van der Waals surface area contributed by atoms with Gasteiger partial charge >= 0.3 is 29.6 Å². The van der Waals surface area contributed by atoms with Gasteiger partial charge in [-0.1, -0.05) is 13.8 Å². The van der Waals surface area contributed by atoms with Crippen LogP contribution in [0.3, 0.4) is 0 Å². The van der Waals surface area contributed by atoms with Gasteiger partial charge < -0.3 is 10.9 Å². The van der Waals surface area contributed by atoms with E-state index < -0.39 is 16.0 Å². The van der Waals surface area contributed by atoms with Gasteiger partial charge in [-0.2, -0.15) is 12.7 Å².